The second kappa shape index (κ2) is 16.0. The third kappa shape index (κ3) is 6.84. The fourth-order valence-electron chi connectivity index (χ4n) is 9.02. The number of hydrogen-bond donors (Lipinski definition) is 0. The van der Waals surface area contributed by atoms with Gasteiger partial charge in [0.2, 0.25) is 0 Å². The third-order valence-corrected chi connectivity index (χ3v) is 12.0. The lowest BCUT2D eigenvalue weighted by atomic mass is 9.79. The van der Waals surface area contributed by atoms with Crippen LogP contribution in [0.3, 0.4) is 0 Å². The number of benzene rings is 8. The monoisotopic (exact) mass is 825 g/mol. The summed E-state index contributed by atoms with van der Waals surface area (Å²) in [5, 5.41) is 3.97. The molecule has 0 N–H and O–H groups in total. The molecule has 300 valence electrons. The Morgan fingerprint density at radius 2 is 0.954 bits per heavy atom. The summed E-state index contributed by atoms with van der Waals surface area (Å²) in [5.74, 6) is 1.60. The maximum atomic E-state index is 6.31. The maximum Gasteiger partial charge on any atom is 0.172 e. The Balaban J connectivity index is 1.08. The number of nitrogens with zero attached hydrogens (tertiary/aromatic N) is 3. The highest BCUT2D eigenvalue weighted by Crippen LogP contribution is 2.50. The van der Waals surface area contributed by atoms with E-state index in [0.717, 1.165) is 105 Å². The SMILES string of the molecule is c1cccc(-c2c(-c3ccccc3)c(-c3ccccc3)cc(-c3ccc(-c4nc(-c5c#cc6ccccc6c5)nc(-c5cccc6oc7ccccc7c56)n4)cc3)c2-c2ccccc2)c#1. The van der Waals surface area contributed by atoms with Crippen molar-refractivity contribution in [2.24, 2.45) is 0 Å². The molecule has 12 rings (SSSR count). The third-order valence-electron chi connectivity index (χ3n) is 12.0. The molecule has 12 aromatic rings. The normalized spacial score (nSPS) is 11.1. The van der Waals surface area contributed by atoms with Gasteiger partial charge in [-0.25, -0.2) is 15.0 Å². The Kier molecular flexibility index (Phi) is 9.26. The highest BCUT2D eigenvalue weighted by atomic mass is 16.3. The number of aromatic nitrogens is 3. The maximum absolute atomic E-state index is 6.31. The molecule has 0 radical (unpaired) electrons. The van der Waals surface area contributed by atoms with E-state index < -0.39 is 0 Å². The van der Waals surface area contributed by atoms with E-state index in [1.54, 1.807) is 0 Å². The van der Waals surface area contributed by atoms with Crippen molar-refractivity contribution in [3.8, 4) is 89.8 Å². The molecule has 65 heavy (non-hydrogen) atoms. The van der Waals surface area contributed by atoms with Gasteiger partial charge in [0.25, 0.3) is 0 Å². The van der Waals surface area contributed by atoms with Crippen LogP contribution in [-0.4, -0.2) is 15.0 Å². The van der Waals surface area contributed by atoms with E-state index in [4.69, 9.17) is 19.4 Å². The lowest BCUT2D eigenvalue weighted by Gasteiger charge is -2.24. The molecule has 2 heterocycles. The fourth-order valence-corrected chi connectivity index (χ4v) is 9.02. The molecular weight excluding hydrogens is 791 g/mol. The minimum atomic E-state index is 0.511. The van der Waals surface area contributed by atoms with E-state index in [9.17, 15) is 0 Å². The molecule has 0 saturated heterocycles. The number of hydrogen-bond acceptors (Lipinski definition) is 4. The molecule has 0 saturated carbocycles. The van der Waals surface area contributed by atoms with Crippen LogP contribution in [0, 0.1) is 24.3 Å². The Morgan fingerprint density at radius 3 is 1.68 bits per heavy atom. The van der Waals surface area contributed by atoms with Gasteiger partial charge in [-0.2, -0.15) is 0 Å². The molecule has 4 heteroatoms. The zero-order valence-electron chi connectivity index (χ0n) is 35.0. The van der Waals surface area contributed by atoms with E-state index >= 15 is 0 Å². The van der Waals surface area contributed by atoms with Crippen molar-refractivity contribution in [1.82, 2.24) is 15.0 Å². The first kappa shape index (κ1) is 37.7. The second-order valence-corrected chi connectivity index (χ2v) is 16.0. The summed E-state index contributed by atoms with van der Waals surface area (Å²) in [4.78, 5) is 15.5. The van der Waals surface area contributed by atoms with Gasteiger partial charge >= 0.3 is 0 Å². The van der Waals surface area contributed by atoms with Crippen molar-refractivity contribution in [1.29, 1.82) is 0 Å². The first-order valence-corrected chi connectivity index (χ1v) is 21.6. The van der Waals surface area contributed by atoms with Gasteiger partial charge < -0.3 is 4.42 Å². The zero-order chi connectivity index (χ0) is 43.1. The van der Waals surface area contributed by atoms with Crippen molar-refractivity contribution >= 4 is 32.7 Å². The molecule has 0 spiro atoms. The Morgan fingerprint density at radius 1 is 0.354 bits per heavy atom. The van der Waals surface area contributed by atoms with E-state index in [1.165, 1.54) is 0 Å². The van der Waals surface area contributed by atoms with Crippen LogP contribution in [0.25, 0.3) is 123 Å². The van der Waals surface area contributed by atoms with Crippen molar-refractivity contribution in [2.45, 2.75) is 0 Å². The summed E-state index contributed by atoms with van der Waals surface area (Å²) in [6, 6.07) is 86.8. The summed E-state index contributed by atoms with van der Waals surface area (Å²) in [6.07, 6.45) is 0. The predicted octanol–water partition coefficient (Wildman–Crippen LogP) is 15.5. The highest BCUT2D eigenvalue weighted by molar-refractivity contribution is 6.12. The minimum Gasteiger partial charge on any atom is -0.456 e. The van der Waals surface area contributed by atoms with E-state index in [1.807, 2.05) is 60.7 Å². The molecule has 0 atom stereocenters. The van der Waals surface area contributed by atoms with Crippen molar-refractivity contribution < 1.29 is 4.42 Å². The highest BCUT2D eigenvalue weighted by Gasteiger charge is 2.24. The molecule has 0 fully saturated rings. The first-order chi connectivity index (χ1) is 32.2. The minimum absolute atomic E-state index is 0.511. The van der Waals surface area contributed by atoms with Gasteiger partial charge in [0.05, 0.1) is 5.56 Å². The summed E-state index contributed by atoms with van der Waals surface area (Å²) >= 11 is 0. The van der Waals surface area contributed by atoms with Crippen LogP contribution in [-0.2, 0) is 0 Å². The van der Waals surface area contributed by atoms with Crippen LogP contribution in [0.2, 0.25) is 0 Å². The Labute approximate surface area is 376 Å². The predicted molar refractivity (Wildman–Crippen MR) is 263 cm³/mol. The van der Waals surface area contributed by atoms with Crippen LogP contribution >= 0.6 is 0 Å². The van der Waals surface area contributed by atoms with Crippen molar-refractivity contribution in [3.63, 3.8) is 0 Å². The van der Waals surface area contributed by atoms with Crippen LogP contribution in [0.4, 0.5) is 0 Å². The van der Waals surface area contributed by atoms with Gasteiger partial charge in [-0.3, -0.25) is 0 Å². The standard InChI is InChI=1S/C61H35N3O/c1-5-19-41(20-6-1)51-39-52(56(44-23-9-3-10-24-44)57(45-25-11-4-12-26-45)55(51)43-21-7-2-8-22-43)42-33-35-46(36-34-42)59-62-60(48-37-32-40-18-13-14-27-47(40)38-48)64-61(63-59)50-29-17-31-54-58(50)49-28-15-16-30-53(49)65-54/h1-11,13-25,27-31,33-36,38-39H. The summed E-state index contributed by atoms with van der Waals surface area (Å²) in [6.45, 7) is 0. The quantitative estimate of drug-likeness (QED) is 0.153. The Bertz CT molecular complexity index is 3680. The molecule has 2 aromatic heterocycles. The van der Waals surface area contributed by atoms with Crippen molar-refractivity contribution in [3.05, 3.63) is 237 Å². The fraction of sp³-hybridized carbons (Fsp3) is 0. The topological polar surface area (TPSA) is 51.8 Å². The average Bonchev–Trinajstić information content (AvgIpc) is 3.78. The van der Waals surface area contributed by atoms with Gasteiger partial charge in [0.1, 0.15) is 11.2 Å². The molecule has 0 unspecified atom stereocenters. The van der Waals surface area contributed by atoms with Crippen LogP contribution in [0.15, 0.2) is 217 Å². The number of fused-ring (bicyclic) bond motifs is 4. The summed E-state index contributed by atoms with van der Waals surface area (Å²) in [5.41, 5.74) is 15.0. The molecule has 10 aromatic carbocycles. The van der Waals surface area contributed by atoms with Gasteiger partial charge in [0.15, 0.2) is 17.5 Å². The van der Waals surface area contributed by atoms with Crippen molar-refractivity contribution in [2.75, 3.05) is 0 Å². The molecule has 0 aliphatic heterocycles. The van der Waals surface area contributed by atoms with Gasteiger partial charge in [-0.1, -0.05) is 194 Å². The molecular formula is C61H35N3O. The van der Waals surface area contributed by atoms with E-state index in [0.29, 0.717) is 17.5 Å². The first-order valence-electron chi connectivity index (χ1n) is 21.6. The molecule has 0 aliphatic rings. The summed E-state index contributed by atoms with van der Waals surface area (Å²) in [7, 11) is 0. The number of furan rings is 1. The largest absolute Gasteiger partial charge is 0.456 e. The molecule has 0 bridgehead atoms. The van der Waals surface area contributed by atoms with Crippen LogP contribution in [0.1, 0.15) is 0 Å². The smallest absolute Gasteiger partial charge is 0.172 e. The summed E-state index contributed by atoms with van der Waals surface area (Å²) < 4.78 is 6.31. The lowest BCUT2D eigenvalue weighted by Crippen LogP contribution is -2.00. The van der Waals surface area contributed by atoms with E-state index in [-0.39, 0.29) is 0 Å². The van der Waals surface area contributed by atoms with Crippen LogP contribution < -0.4 is 0 Å². The number of para-hydroxylation sites is 1. The molecule has 0 amide bonds. The molecule has 4 nitrogen and oxygen atoms in total. The van der Waals surface area contributed by atoms with Crippen LogP contribution in [0.5, 0.6) is 0 Å². The van der Waals surface area contributed by atoms with Gasteiger partial charge in [-0.15, -0.1) is 0 Å². The molecule has 0 aliphatic carbocycles. The average molecular weight is 826 g/mol. The Hall–Kier alpha value is -9.09. The van der Waals surface area contributed by atoms with Gasteiger partial charge in [-0.05, 0) is 92.4 Å². The lowest BCUT2D eigenvalue weighted by molar-refractivity contribution is 0.669. The second-order valence-electron chi connectivity index (χ2n) is 16.0. The number of rotatable bonds is 8. The van der Waals surface area contributed by atoms with E-state index in [2.05, 4.69) is 176 Å². The zero-order valence-corrected chi connectivity index (χ0v) is 35.0. The van der Waals surface area contributed by atoms with Gasteiger partial charge in [0, 0.05) is 38.4 Å².